The molecule has 2 amide bonds. The maximum absolute atomic E-state index is 14.5. The molecule has 2 saturated heterocycles. The SMILES string of the molecule is CCOC(=O)CN1CCN(C(=O)C2(c3ccccc3)CCN(CC[C@H](CN(C)C(=O)c3cc(-n4cnnn4)ccc3OC)c3ccc(Cl)c(Cl)c3)CC2)CC1. The third-order valence-corrected chi connectivity index (χ3v) is 11.6. The summed E-state index contributed by atoms with van der Waals surface area (Å²) >= 11 is 12.8. The Kier molecular flexibility index (Phi) is 13.4. The van der Waals surface area contributed by atoms with Gasteiger partial charge in [-0.1, -0.05) is 59.6 Å². The normalized spacial score (nSPS) is 16.7. The summed E-state index contributed by atoms with van der Waals surface area (Å²) in [6.45, 7) is 7.47. The van der Waals surface area contributed by atoms with Crippen molar-refractivity contribution in [1.82, 2.24) is 39.8 Å². The van der Waals surface area contributed by atoms with E-state index >= 15 is 0 Å². The number of amides is 2. The fourth-order valence-corrected chi connectivity index (χ4v) is 8.02. The minimum Gasteiger partial charge on any atom is -0.496 e. The van der Waals surface area contributed by atoms with Crippen molar-refractivity contribution in [3.63, 3.8) is 0 Å². The molecule has 292 valence electrons. The summed E-state index contributed by atoms with van der Waals surface area (Å²) in [4.78, 5) is 48.7. The van der Waals surface area contributed by atoms with Crippen molar-refractivity contribution in [2.45, 2.75) is 37.5 Å². The lowest BCUT2D eigenvalue weighted by molar-refractivity contribution is -0.146. The van der Waals surface area contributed by atoms with E-state index in [0.717, 1.165) is 37.2 Å². The number of methoxy groups -OCH3 is 1. The van der Waals surface area contributed by atoms with E-state index in [1.54, 1.807) is 43.1 Å². The second-order valence-electron chi connectivity index (χ2n) is 14.1. The molecule has 13 nitrogen and oxygen atoms in total. The molecule has 0 spiro atoms. The first-order valence-electron chi connectivity index (χ1n) is 18.7. The van der Waals surface area contributed by atoms with Gasteiger partial charge >= 0.3 is 5.97 Å². The first-order valence-corrected chi connectivity index (χ1v) is 19.4. The van der Waals surface area contributed by atoms with Gasteiger partial charge in [-0.2, -0.15) is 0 Å². The van der Waals surface area contributed by atoms with Crippen molar-refractivity contribution in [2.24, 2.45) is 0 Å². The topological polar surface area (TPSA) is 126 Å². The number of carbonyl (C=O) groups excluding carboxylic acids is 3. The second-order valence-corrected chi connectivity index (χ2v) is 15.0. The van der Waals surface area contributed by atoms with Crippen LogP contribution in [-0.4, -0.2) is 137 Å². The Morgan fingerprint density at radius 1 is 0.909 bits per heavy atom. The van der Waals surface area contributed by atoms with Gasteiger partial charge in [-0.05, 0) is 97.7 Å². The van der Waals surface area contributed by atoms with Crippen molar-refractivity contribution in [2.75, 3.05) is 79.7 Å². The zero-order chi connectivity index (χ0) is 39.0. The van der Waals surface area contributed by atoms with Gasteiger partial charge in [-0.25, -0.2) is 4.68 Å². The number of likely N-dealkylation sites (N-methyl/N-ethyl adjacent to an activating group) is 1. The fraction of sp³-hybridized carbons (Fsp3) is 0.450. The lowest BCUT2D eigenvalue weighted by Crippen LogP contribution is -2.57. The fourth-order valence-electron chi connectivity index (χ4n) is 7.71. The molecule has 0 aliphatic carbocycles. The summed E-state index contributed by atoms with van der Waals surface area (Å²) in [7, 11) is 3.32. The van der Waals surface area contributed by atoms with E-state index in [4.69, 9.17) is 32.7 Å². The highest BCUT2D eigenvalue weighted by Gasteiger charge is 2.45. The molecular weight excluding hydrogens is 743 g/mol. The average Bonchev–Trinajstić information content (AvgIpc) is 3.76. The van der Waals surface area contributed by atoms with Gasteiger partial charge in [0.25, 0.3) is 5.91 Å². The third-order valence-electron chi connectivity index (χ3n) is 10.8. The van der Waals surface area contributed by atoms with E-state index in [2.05, 4.69) is 37.5 Å². The standard InChI is InChI=1S/C40H48Cl2N8O5/c1-4-55-37(51)27-48-20-22-49(23-21-48)39(53)40(31-8-6-5-7-9-31)15-18-47(19-16-40)17-14-30(29-10-12-34(41)35(42)24-29)26-46(2)38(52)33-25-32(11-13-36(33)54-3)50-28-43-44-45-50/h5-13,24-25,28,30H,4,14-23,26-27H2,1-3H3/t30-/m1/s1. The lowest BCUT2D eigenvalue weighted by Gasteiger charge is -2.45. The van der Waals surface area contributed by atoms with Crippen molar-refractivity contribution in [1.29, 1.82) is 0 Å². The first-order chi connectivity index (χ1) is 26.6. The van der Waals surface area contributed by atoms with E-state index in [1.807, 2.05) is 35.2 Å². The minimum absolute atomic E-state index is 0.0641. The van der Waals surface area contributed by atoms with Crippen LogP contribution in [0.5, 0.6) is 5.75 Å². The number of halogens is 2. The second kappa shape index (κ2) is 18.4. The number of tetrazole rings is 1. The largest absolute Gasteiger partial charge is 0.496 e. The van der Waals surface area contributed by atoms with Crippen LogP contribution in [0.2, 0.25) is 10.0 Å². The number of benzene rings is 3. The van der Waals surface area contributed by atoms with E-state index < -0.39 is 5.41 Å². The quantitative estimate of drug-likeness (QED) is 0.162. The van der Waals surface area contributed by atoms with Crippen LogP contribution in [-0.2, 0) is 19.7 Å². The number of hydrogen-bond acceptors (Lipinski definition) is 10. The number of ether oxygens (including phenoxy) is 2. The van der Waals surface area contributed by atoms with Crippen LogP contribution < -0.4 is 4.74 Å². The van der Waals surface area contributed by atoms with Crippen LogP contribution in [0, 0.1) is 0 Å². The van der Waals surface area contributed by atoms with Crippen molar-refractivity contribution in [3.8, 4) is 11.4 Å². The summed E-state index contributed by atoms with van der Waals surface area (Å²) in [6, 6.07) is 21.0. The average molecular weight is 792 g/mol. The summed E-state index contributed by atoms with van der Waals surface area (Å²) in [6.07, 6.45) is 3.58. The highest BCUT2D eigenvalue weighted by molar-refractivity contribution is 6.42. The van der Waals surface area contributed by atoms with Crippen molar-refractivity contribution >= 4 is 41.0 Å². The lowest BCUT2D eigenvalue weighted by atomic mass is 9.71. The van der Waals surface area contributed by atoms with Gasteiger partial charge in [-0.3, -0.25) is 19.3 Å². The number of likely N-dealkylation sites (tertiary alicyclic amines) is 1. The van der Waals surface area contributed by atoms with Crippen molar-refractivity contribution < 1.29 is 23.9 Å². The van der Waals surface area contributed by atoms with Crippen LogP contribution >= 0.6 is 23.2 Å². The number of piperidine rings is 1. The molecule has 4 aromatic rings. The molecule has 1 aromatic heterocycles. The van der Waals surface area contributed by atoms with E-state index in [-0.39, 0.29) is 30.2 Å². The summed E-state index contributed by atoms with van der Waals surface area (Å²) in [5.41, 5.74) is 2.42. The van der Waals surface area contributed by atoms with Crippen LogP contribution in [0.1, 0.15) is 53.6 Å². The van der Waals surface area contributed by atoms with Gasteiger partial charge in [-0.15, -0.1) is 5.10 Å². The number of esters is 1. The molecular formula is C40H48Cl2N8O5. The zero-order valence-corrected chi connectivity index (χ0v) is 33.1. The highest BCUT2D eigenvalue weighted by atomic mass is 35.5. The van der Waals surface area contributed by atoms with Gasteiger partial charge in [0.1, 0.15) is 12.1 Å². The van der Waals surface area contributed by atoms with Gasteiger partial charge in [0, 0.05) is 45.7 Å². The summed E-state index contributed by atoms with van der Waals surface area (Å²) in [5.74, 6) is 0.0986. The predicted molar refractivity (Wildman–Crippen MR) is 210 cm³/mol. The number of aromatic nitrogens is 4. The van der Waals surface area contributed by atoms with Crippen LogP contribution in [0.3, 0.4) is 0 Å². The number of carbonyl (C=O) groups is 3. The zero-order valence-electron chi connectivity index (χ0n) is 31.6. The highest BCUT2D eigenvalue weighted by Crippen LogP contribution is 2.39. The molecule has 0 bridgehead atoms. The Hall–Kier alpha value is -4.56. The molecule has 2 aliphatic heterocycles. The van der Waals surface area contributed by atoms with Crippen LogP contribution in [0.15, 0.2) is 73.1 Å². The monoisotopic (exact) mass is 790 g/mol. The Morgan fingerprint density at radius 2 is 1.65 bits per heavy atom. The molecule has 1 atom stereocenters. The number of hydrogen-bond donors (Lipinski definition) is 0. The van der Waals surface area contributed by atoms with E-state index in [1.165, 1.54) is 18.1 Å². The Morgan fingerprint density at radius 3 is 2.31 bits per heavy atom. The third kappa shape index (κ3) is 9.46. The Balaban J connectivity index is 1.14. The maximum atomic E-state index is 14.5. The molecule has 3 aromatic carbocycles. The molecule has 2 aliphatic rings. The minimum atomic E-state index is -0.632. The molecule has 0 N–H and O–H groups in total. The van der Waals surface area contributed by atoms with E-state index in [9.17, 15) is 14.4 Å². The molecule has 2 fully saturated rings. The molecule has 55 heavy (non-hydrogen) atoms. The molecule has 3 heterocycles. The summed E-state index contributed by atoms with van der Waals surface area (Å²) in [5, 5.41) is 12.3. The molecule has 0 unspecified atom stereocenters. The van der Waals surface area contributed by atoms with Gasteiger partial charge in [0.15, 0.2) is 0 Å². The maximum Gasteiger partial charge on any atom is 0.320 e. The van der Waals surface area contributed by atoms with Crippen LogP contribution in [0.25, 0.3) is 5.69 Å². The first kappa shape index (κ1) is 40.1. The Labute approximate surface area is 332 Å². The van der Waals surface area contributed by atoms with Crippen molar-refractivity contribution in [3.05, 3.63) is 99.8 Å². The van der Waals surface area contributed by atoms with E-state index in [0.29, 0.717) is 79.2 Å². The molecule has 6 rings (SSSR count). The number of nitrogens with zero attached hydrogens (tertiary/aromatic N) is 8. The van der Waals surface area contributed by atoms with Gasteiger partial charge in [0.05, 0.1) is 47.0 Å². The molecule has 15 heteroatoms. The summed E-state index contributed by atoms with van der Waals surface area (Å²) < 4.78 is 12.2. The van der Waals surface area contributed by atoms with Gasteiger partial charge in [0.2, 0.25) is 5.91 Å². The van der Waals surface area contributed by atoms with Crippen LogP contribution in [0.4, 0.5) is 0 Å². The number of rotatable bonds is 14. The molecule has 0 radical (unpaired) electrons. The Bertz CT molecular complexity index is 1920. The van der Waals surface area contributed by atoms with Gasteiger partial charge < -0.3 is 24.2 Å². The molecule has 0 saturated carbocycles. The predicted octanol–water partition coefficient (Wildman–Crippen LogP) is 4.96. The smallest absolute Gasteiger partial charge is 0.320 e. The number of piperazine rings is 1.